The number of nitrogens with one attached hydrogen (secondary N) is 1. The third kappa shape index (κ3) is 3.99. The number of thioether (sulfide) groups is 1. The van der Waals surface area contributed by atoms with Crippen LogP contribution in [-0.4, -0.2) is 31.8 Å². The molecule has 6 nitrogen and oxygen atoms in total. The fourth-order valence-corrected chi connectivity index (χ4v) is 4.14. The zero-order chi connectivity index (χ0) is 20.4. The quantitative estimate of drug-likeness (QED) is 0.509. The first-order valence-corrected chi connectivity index (χ1v) is 10.4. The minimum Gasteiger partial charge on any atom is -0.353 e. The summed E-state index contributed by atoms with van der Waals surface area (Å²) in [6, 6.07) is 9.93. The van der Waals surface area contributed by atoms with Crippen LogP contribution >= 0.6 is 11.8 Å². The van der Waals surface area contributed by atoms with Crippen molar-refractivity contribution in [3.63, 3.8) is 0 Å². The lowest BCUT2D eigenvalue weighted by Gasteiger charge is -2.16. The summed E-state index contributed by atoms with van der Waals surface area (Å²) >= 11 is 1.30. The van der Waals surface area contributed by atoms with Gasteiger partial charge in [0.15, 0.2) is 5.16 Å². The van der Waals surface area contributed by atoms with Crippen molar-refractivity contribution >= 4 is 28.7 Å². The van der Waals surface area contributed by atoms with Gasteiger partial charge < -0.3 is 9.88 Å². The van der Waals surface area contributed by atoms with E-state index in [2.05, 4.69) is 5.32 Å². The predicted octanol–water partition coefficient (Wildman–Crippen LogP) is 3.60. The Bertz CT molecular complexity index is 1050. The van der Waals surface area contributed by atoms with Gasteiger partial charge in [-0.05, 0) is 33.3 Å². The molecule has 3 aromatic rings. The summed E-state index contributed by atoms with van der Waals surface area (Å²) in [6.07, 6.45) is 1.94. The smallest absolute Gasteiger partial charge is 0.278 e. The minimum atomic E-state index is -0.0866. The molecule has 148 valence electrons. The second-order valence-corrected chi connectivity index (χ2v) is 8.33. The SMILES string of the molecule is CC(C)NC(=O)CSc1nc2c(-c3ccccc3)cn(C)c2c(=O)n1C(C)C. The number of hydrogen-bond donors (Lipinski definition) is 1. The summed E-state index contributed by atoms with van der Waals surface area (Å²) in [5.74, 6) is 0.150. The molecule has 0 fully saturated rings. The van der Waals surface area contributed by atoms with Crippen LogP contribution < -0.4 is 10.9 Å². The van der Waals surface area contributed by atoms with E-state index in [1.165, 1.54) is 11.8 Å². The normalized spacial score (nSPS) is 11.5. The van der Waals surface area contributed by atoms with Gasteiger partial charge in [0.25, 0.3) is 5.56 Å². The predicted molar refractivity (Wildman–Crippen MR) is 115 cm³/mol. The Kier molecular flexibility index (Phi) is 5.93. The van der Waals surface area contributed by atoms with E-state index in [4.69, 9.17) is 4.98 Å². The van der Waals surface area contributed by atoms with E-state index >= 15 is 0 Å². The zero-order valence-corrected chi connectivity index (χ0v) is 17.7. The molecule has 1 amide bonds. The van der Waals surface area contributed by atoms with Gasteiger partial charge >= 0.3 is 0 Å². The monoisotopic (exact) mass is 398 g/mol. The molecule has 1 aromatic carbocycles. The highest BCUT2D eigenvalue weighted by Crippen LogP contribution is 2.29. The topological polar surface area (TPSA) is 68.9 Å². The van der Waals surface area contributed by atoms with Crippen molar-refractivity contribution in [2.24, 2.45) is 7.05 Å². The average molecular weight is 399 g/mol. The lowest BCUT2D eigenvalue weighted by molar-refractivity contribution is -0.119. The molecule has 0 unspecified atom stereocenters. The fraction of sp³-hybridized carbons (Fsp3) is 0.381. The highest BCUT2D eigenvalue weighted by Gasteiger charge is 2.20. The number of aryl methyl sites for hydroxylation is 1. The van der Waals surface area contributed by atoms with Crippen LogP contribution in [0.2, 0.25) is 0 Å². The van der Waals surface area contributed by atoms with E-state index in [0.717, 1.165) is 11.1 Å². The highest BCUT2D eigenvalue weighted by molar-refractivity contribution is 7.99. The summed E-state index contributed by atoms with van der Waals surface area (Å²) in [7, 11) is 1.87. The van der Waals surface area contributed by atoms with E-state index in [1.54, 1.807) is 4.57 Å². The van der Waals surface area contributed by atoms with Gasteiger partial charge in [0.1, 0.15) is 11.0 Å². The lowest BCUT2D eigenvalue weighted by Crippen LogP contribution is -2.32. The van der Waals surface area contributed by atoms with Crippen molar-refractivity contribution in [1.82, 2.24) is 19.4 Å². The van der Waals surface area contributed by atoms with Crippen LogP contribution in [0, 0.1) is 0 Å². The van der Waals surface area contributed by atoms with Crippen LogP contribution in [0.5, 0.6) is 0 Å². The number of benzene rings is 1. The van der Waals surface area contributed by atoms with Crippen molar-refractivity contribution in [2.45, 2.75) is 44.9 Å². The second kappa shape index (κ2) is 8.22. The first-order chi connectivity index (χ1) is 13.3. The second-order valence-electron chi connectivity index (χ2n) is 7.39. The van der Waals surface area contributed by atoms with E-state index in [0.29, 0.717) is 16.2 Å². The average Bonchev–Trinajstić information content (AvgIpc) is 2.96. The van der Waals surface area contributed by atoms with Crippen molar-refractivity contribution in [1.29, 1.82) is 0 Å². The van der Waals surface area contributed by atoms with Gasteiger partial charge in [-0.15, -0.1) is 0 Å². The van der Waals surface area contributed by atoms with Crippen LogP contribution in [-0.2, 0) is 11.8 Å². The molecule has 3 rings (SSSR count). The van der Waals surface area contributed by atoms with E-state index in [-0.39, 0.29) is 29.3 Å². The first-order valence-electron chi connectivity index (χ1n) is 9.38. The Morgan fingerprint density at radius 3 is 2.46 bits per heavy atom. The van der Waals surface area contributed by atoms with Crippen LogP contribution in [0.3, 0.4) is 0 Å². The molecule has 0 atom stereocenters. The molecule has 0 saturated heterocycles. The zero-order valence-electron chi connectivity index (χ0n) is 16.9. The molecular formula is C21H26N4O2S. The van der Waals surface area contributed by atoms with Crippen molar-refractivity contribution < 1.29 is 4.79 Å². The Morgan fingerprint density at radius 2 is 1.86 bits per heavy atom. The van der Waals surface area contributed by atoms with Crippen LogP contribution in [0.25, 0.3) is 22.2 Å². The van der Waals surface area contributed by atoms with Gasteiger partial charge in [-0.3, -0.25) is 14.2 Å². The summed E-state index contributed by atoms with van der Waals surface area (Å²) in [5, 5.41) is 3.44. The van der Waals surface area contributed by atoms with Gasteiger partial charge in [0.2, 0.25) is 5.91 Å². The van der Waals surface area contributed by atoms with Crippen molar-refractivity contribution in [3.05, 3.63) is 46.9 Å². The maximum atomic E-state index is 13.3. The van der Waals surface area contributed by atoms with E-state index in [1.807, 2.05) is 75.8 Å². The summed E-state index contributed by atoms with van der Waals surface area (Å²) in [4.78, 5) is 30.2. The summed E-state index contributed by atoms with van der Waals surface area (Å²) in [5.41, 5.74) is 3.08. The third-order valence-electron chi connectivity index (χ3n) is 4.37. The standard InChI is InChI=1S/C21H26N4O2S/c1-13(2)22-17(26)12-28-21-23-18-16(15-9-7-6-8-10-15)11-24(5)19(18)20(27)25(21)14(3)4/h6-11,13-14H,12H2,1-5H3,(H,22,26). The van der Waals surface area contributed by atoms with Crippen LogP contribution in [0.15, 0.2) is 46.5 Å². The molecule has 28 heavy (non-hydrogen) atoms. The van der Waals surface area contributed by atoms with Crippen molar-refractivity contribution in [2.75, 3.05) is 5.75 Å². The molecule has 2 aromatic heterocycles. The molecule has 0 radical (unpaired) electrons. The maximum absolute atomic E-state index is 13.3. The number of nitrogens with zero attached hydrogens (tertiary/aromatic N) is 3. The van der Waals surface area contributed by atoms with E-state index in [9.17, 15) is 9.59 Å². The fourth-order valence-electron chi connectivity index (χ4n) is 3.21. The van der Waals surface area contributed by atoms with E-state index < -0.39 is 0 Å². The number of amides is 1. The molecule has 0 bridgehead atoms. The highest BCUT2D eigenvalue weighted by atomic mass is 32.2. The van der Waals surface area contributed by atoms with Gasteiger partial charge in [0.05, 0.1) is 5.75 Å². The summed E-state index contributed by atoms with van der Waals surface area (Å²) in [6.45, 7) is 7.75. The Hall–Kier alpha value is -2.54. The number of fused-ring (bicyclic) bond motifs is 1. The Balaban J connectivity index is 2.13. The summed E-state index contributed by atoms with van der Waals surface area (Å²) < 4.78 is 3.51. The molecule has 0 aliphatic carbocycles. The molecule has 7 heteroatoms. The molecule has 0 aliphatic heterocycles. The maximum Gasteiger partial charge on any atom is 0.278 e. The Morgan fingerprint density at radius 1 is 1.18 bits per heavy atom. The number of carbonyl (C=O) groups excluding carboxylic acids is 1. The van der Waals surface area contributed by atoms with Gasteiger partial charge in [0, 0.05) is 30.9 Å². The van der Waals surface area contributed by atoms with Gasteiger partial charge in [-0.1, -0.05) is 42.1 Å². The van der Waals surface area contributed by atoms with Crippen LogP contribution in [0.1, 0.15) is 33.7 Å². The van der Waals surface area contributed by atoms with Gasteiger partial charge in [-0.2, -0.15) is 0 Å². The van der Waals surface area contributed by atoms with Crippen molar-refractivity contribution in [3.8, 4) is 11.1 Å². The van der Waals surface area contributed by atoms with Gasteiger partial charge in [-0.25, -0.2) is 4.98 Å². The minimum absolute atomic E-state index is 0.0601. The Labute approximate surface area is 169 Å². The molecule has 0 saturated carbocycles. The molecule has 1 N–H and O–H groups in total. The number of rotatable bonds is 6. The number of aromatic nitrogens is 3. The molecule has 0 aliphatic rings. The lowest BCUT2D eigenvalue weighted by atomic mass is 10.1. The number of hydrogen-bond acceptors (Lipinski definition) is 4. The third-order valence-corrected chi connectivity index (χ3v) is 5.33. The first kappa shape index (κ1) is 20.2. The van der Waals surface area contributed by atoms with Crippen LogP contribution in [0.4, 0.5) is 0 Å². The molecule has 0 spiro atoms. The molecular weight excluding hydrogens is 372 g/mol. The molecule has 2 heterocycles. The largest absolute Gasteiger partial charge is 0.353 e. The number of carbonyl (C=O) groups is 1.